The van der Waals surface area contributed by atoms with Crippen molar-refractivity contribution in [2.24, 2.45) is 0 Å². The fourth-order valence-electron chi connectivity index (χ4n) is 2.00. The normalized spacial score (nSPS) is 15.0. The molecular weight excluding hydrogens is 288 g/mol. The number of hydrogen-bond acceptors (Lipinski definition) is 3. The van der Waals surface area contributed by atoms with Crippen LogP contribution < -0.4 is 4.72 Å². The summed E-state index contributed by atoms with van der Waals surface area (Å²) < 4.78 is 27.0. The van der Waals surface area contributed by atoms with Gasteiger partial charge in [0.15, 0.2) is 0 Å². The monoisotopic (exact) mass is 310 g/mol. The van der Waals surface area contributed by atoms with Crippen LogP contribution in [0.15, 0.2) is 29.2 Å². The minimum absolute atomic E-state index is 0.0570. The van der Waals surface area contributed by atoms with Gasteiger partial charge in [-0.15, -0.1) is 0 Å². The Kier molecular flexibility index (Phi) is 5.00. The molecule has 1 aliphatic carbocycles. The minimum atomic E-state index is -3.52. The van der Waals surface area contributed by atoms with Gasteiger partial charge >= 0.3 is 0 Å². The highest BCUT2D eigenvalue weighted by atomic mass is 32.2. The summed E-state index contributed by atoms with van der Waals surface area (Å²) in [5.41, 5.74) is 0.410. The lowest BCUT2D eigenvalue weighted by Crippen LogP contribution is -2.29. The Morgan fingerprint density at radius 2 is 2.10 bits per heavy atom. The molecule has 0 radical (unpaired) electrons. The van der Waals surface area contributed by atoms with Gasteiger partial charge in [-0.2, -0.15) is 0 Å². The van der Waals surface area contributed by atoms with E-state index < -0.39 is 10.0 Å². The zero-order valence-electron chi connectivity index (χ0n) is 12.5. The molecule has 1 N–H and O–H groups in total. The van der Waals surface area contributed by atoms with E-state index in [0.717, 1.165) is 25.7 Å². The lowest BCUT2D eigenvalue weighted by molar-refractivity contribution is 0.0793. The van der Waals surface area contributed by atoms with E-state index in [1.54, 1.807) is 24.1 Å². The van der Waals surface area contributed by atoms with Crippen molar-refractivity contribution in [3.8, 4) is 0 Å². The van der Waals surface area contributed by atoms with Gasteiger partial charge in [0.05, 0.1) is 4.90 Å². The van der Waals surface area contributed by atoms with E-state index in [0.29, 0.717) is 12.1 Å². The van der Waals surface area contributed by atoms with Gasteiger partial charge in [0.25, 0.3) is 5.91 Å². The first-order valence-electron chi connectivity index (χ1n) is 7.32. The maximum absolute atomic E-state index is 12.3. The van der Waals surface area contributed by atoms with Crippen molar-refractivity contribution in [2.45, 2.75) is 43.5 Å². The van der Waals surface area contributed by atoms with Gasteiger partial charge in [-0.1, -0.05) is 19.4 Å². The van der Waals surface area contributed by atoms with Gasteiger partial charge in [-0.05, 0) is 37.5 Å². The number of nitrogens with one attached hydrogen (secondary N) is 1. The molecule has 0 heterocycles. The number of rotatable bonds is 7. The highest BCUT2D eigenvalue weighted by Crippen LogP contribution is 2.22. The van der Waals surface area contributed by atoms with Gasteiger partial charge in [-0.25, -0.2) is 13.1 Å². The molecule has 0 bridgehead atoms. The molecule has 116 valence electrons. The second kappa shape index (κ2) is 6.58. The van der Waals surface area contributed by atoms with Gasteiger partial charge in [0.1, 0.15) is 0 Å². The fourth-order valence-corrected chi connectivity index (χ4v) is 3.35. The molecule has 2 rings (SSSR count). The van der Waals surface area contributed by atoms with E-state index in [-0.39, 0.29) is 16.8 Å². The summed E-state index contributed by atoms with van der Waals surface area (Å²) in [5, 5.41) is 0. The maximum Gasteiger partial charge on any atom is 0.253 e. The average molecular weight is 310 g/mol. The third-order valence-corrected chi connectivity index (χ3v) is 5.00. The van der Waals surface area contributed by atoms with Crippen LogP contribution in [0.2, 0.25) is 0 Å². The summed E-state index contributed by atoms with van der Waals surface area (Å²) in [6, 6.07) is 6.30. The number of hydrogen-bond donors (Lipinski definition) is 1. The van der Waals surface area contributed by atoms with Crippen molar-refractivity contribution in [1.82, 2.24) is 9.62 Å². The molecule has 0 saturated heterocycles. The first-order chi connectivity index (χ1) is 9.94. The van der Waals surface area contributed by atoms with Gasteiger partial charge in [0, 0.05) is 25.2 Å². The zero-order valence-corrected chi connectivity index (χ0v) is 13.3. The van der Waals surface area contributed by atoms with Crippen LogP contribution in [0.4, 0.5) is 0 Å². The summed E-state index contributed by atoms with van der Waals surface area (Å²) in [6.45, 7) is 2.74. The molecule has 5 nitrogen and oxygen atoms in total. The third kappa shape index (κ3) is 4.28. The molecule has 1 fully saturated rings. The molecule has 0 unspecified atom stereocenters. The molecule has 21 heavy (non-hydrogen) atoms. The highest BCUT2D eigenvalue weighted by Gasteiger charge is 2.28. The summed E-state index contributed by atoms with van der Waals surface area (Å²) in [4.78, 5) is 14.1. The Hall–Kier alpha value is -1.40. The van der Waals surface area contributed by atoms with Crippen LogP contribution in [-0.4, -0.2) is 38.9 Å². The van der Waals surface area contributed by atoms with Crippen molar-refractivity contribution in [1.29, 1.82) is 0 Å². The van der Waals surface area contributed by atoms with E-state index in [9.17, 15) is 13.2 Å². The minimum Gasteiger partial charge on any atom is -0.342 e. The van der Waals surface area contributed by atoms with E-state index in [1.807, 2.05) is 0 Å². The Morgan fingerprint density at radius 3 is 2.71 bits per heavy atom. The van der Waals surface area contributed by atoms with Crippen LogP contribution in [0.1, 0.15) is 43.0 Å². The quantitative estimate of drug-likeness (QED) is 0.837. The lowest BCUT2D eigenvalue weighted by atomic mass is 10.2. The van der Waals surface area contributed by atoms with Crippen LogP contribution in [0.5, 0.6) is 0 Å². The van der Waals surface area contributed by atoms with E-state index in [2.05, 4.69) is 11.6 Å². The molecule has 1 aliphatic rings. The Morgan fingerprint density at radius 1 is 1.38 bits per heavy atom. The van der Waals surface area contributed by atoms with Gasteiger partial charge in [-0.3, -0.25) is 4.79 Å². The third-order valence-electron chi connectivity index (χ3n) is 3.48. The Labute approximate surface area is 126 Å². The molecule has 0 atom stereocenters. The molecule has 0 aliphatic heterocycles. The standard InChI is InChI=1S/C15H22N2O3S/c1-3-4-10-17(2)15(18)12-6-5-7-14(11-12)21(19,20)16-13-8-9-13/h5-7,11,13,16H,3-4,8-10H2,1-2H3. The number of unbranched alkanes of at least 4 members (excludes halogenated alkanes) is 1. The number of carbonyl (C=O) groups excluding carboxylic acids is 1. The summed E-state index contributed by atoms with van der Waals surface area (Å²) in [5.74, 6) is -0.146. The van der Waals surface area contributed by atoms with Crippen molar-refractivity contribution in [2.75, 3.05) is 13.6 Å². The molecule has 0 spiro atoms. The molecular formula is C15H22N2O3S. The molecule has 1 saturated carbocycles. The second-order valence-electron chi connectivity index (χ2n) is 5.50. The lowest BCUT2D eigenvalue weighted by Gasteiger charge is -2.17. The number of sulfonamides is 1. The van der Waals surface area contributed by atoms with Crippen molar-refractivity contribution in [3.05, 3.63) is 29.8 Å². The summed E-state index contributed by atoms with van der Waals surface area (Å²) in [6.07, 6.45) is 3.72. The Bertz CT molecular complexity index is 609. The topological polar surface area (TPSA) is 66.5 Å². The number of amides is 1. The average Bonchev–Trinajstić information content (AvgIpc) is 3.27. The van der Waals surface area contributed by atoms with Gasteiger partial charge in [0.2, 0.25) is 10.0 Å². The number of benzene rings is 1. The Balaban J connectivity index is 2.15. The van der Waals surface area contributed by atoms with Crippen LogP contribution in [-0.2, 0) is 10.0 Å². The van der Waals surface area contributed by atoms with Crippen LogP contribution in [0.3, 0.4) is 0 Å². The molecule has 1 amide bonds. The SMILES string of the molecule is CCCCN(C)C(=O)c1cccc(S(=O)(=O)NC2CC2)c1. The fraction of sp³-hybridized carbons (Fsp3) is 0.533. The smallest absolute Gasteiger partial charge is 0.253 e. The zero-order chi connectivity index (χ0) is 15.5. The first kappa shape index (κ1) is 16.0. The van der Waals surface area contributed by atoms with E-state index in [4.69, 9.17) is 0 Å². The van der Waals surface area contributed by atoms with Crippen molar-refractivity contribution in [3.63, 3.8) is 0 Å². The predicted molar refractivity (Wildman–Crippen MR) is 81.7 cm³/mol. The van der Waals surface area contributed by atoms with Crippen molar-refractivity contribution >= 4 is 15.9 Å². The van der Waals surface area contributed by atoms with Crippen LogP contribution in [0, 0.1) is 0 Å². The summed E-state index contributed by atoms with van der Waals surface area (Å²) in [7, 11) is -1.78. The summed E-state index contributed by atoms with van der Waals surface area (Å²) >= 11 is 0. The second-order valence-corrected chi connectivity index (χ2v) is 7.22. The molecule has 1 aromatic carbocycles. The first-order valence-corrected chi connectivity index (χ1v) is 8.80. The molecule has 6 heteroatoms. The molecule has 0 aromatic heterocycles. The maximum atomic E-state index is 12.3. The van der Waals surface area contributed by atoms with Gasteiger partial charge < -0.3 is 4.90 Å². The van der Waals surface area contributed by atoms with E-state index in [1.165, 1.54) is 12.1 Å². The number of nitrogens with zero attached hydrogens (tertiary/aromatic N) is 1. The number of carbonyl (C=O) groups is 1. The highest BCUT2D eigenvalue weighted by molar-refractivity contribution is 7.89. The van der Waals surface area contributed by atoms with E-state index >= 15 is 0 Å². The van der Waals surface area contributed by atoms with Crippen LogP contribution >= 0.6 is 0 Å². The molecule has 1 aromatic rings. The largest absolute Gasteiger partial charge is 0.342 e. The predicted octanol–water partition coefficient (Wildman–Crippen LogP) is 2.00. The van der Waals surface area contributed by atoms with Crippen molar-refractivity contribution < 1.29 is 13.2 Å². The van der Waals surface area contributed by atoms with Crippen LogP contribution in [0.25, 0.3) is 0 Å².